The summed E-state index contributed by atoms with van der Waals surface area (Å²) in [6, 6.07) is 9.55. The summed E-state index contributed by atoms with van der Waals surface area (Å²) in [5.74, 6) is 0. The number of nitriles is 1. The summed E-state index contributed by atoms with van der Waals surface area (Å²) < 4.78 is 0. The van der Waals surface area contributed by atoms with Crippen molar-refractivity contribution < 1.29 is 4.79 Å². The van der Waals surface area contributed by atoms with Crippen LogP contribution in [-0.4, -0.2) is 24.5 Å². The van der Waals surface area contributed by atoms with Crippen molar-refractivity contribution in [1.82, 2.24) is 4.90 Å². The lowest BCUT2D eigenvalue weighted by Gasteiger charge is -2.33. The number of carbonyl (C=O) groups excluding carboxylic acids is 1. The molecule has 0 radical (unpaired) electrons. The van der Waals surface area contributed by atoms with E-state index in [1.54, 1.807) is 11.9 Å². The summed E-state index contributed by atoms with van der Waals surface area (Å²) in [4.78, 5) is 14.9. The molecule has 1 aliphatic heterocycles. The molecule has 0 fully saturated rings. The predicted molar refractivity (Wildman–Crippen MR) is 56.3 cm³/mol. The zero-order chi connectivity index (χ0) is 10.8. The van der Waals surface area contributed by atoms with Crippen LogP contribution in [0, 0.1) is 11.3 Å². The fourth-order valence-corrected chi connectivity index (χ4v) is 1.76. The second-order valence-corrected chi connectivity index (χ2v) is 3.51. The Bertz CT molecular complexity index is 436. The van der Waals surface area contributed by atoms with E-state index in [0.717, 1.165) is 11.3 Å². The molecule has 4 heteroatoms. The number of hydrogen-bond acceptors (Lipinski definition) is 2. The predicted octanol–water partition coefficient (Wildman–Crippen LogP) is 1.58. The molecule has 0 aliphatic carbocycles. The van der Waals surface area contributed by atoms with E-state index in [2.05, 4.69) is 0 Å². The average molecular weight is 201 g/mol. The van der Waals surface area contributed by atoms with E-state index in [1.807, 2.05) is 30.3 Å². The molecule has 0 saturated heterocycles. The summed E-state index contributed by atoms with van der Waals surface area (Å²) in [5, 5.41) is 8.69. The first kappa shape index (κ1) is 9.53. The maximum Gasteiger partial charge on any atom is 0.325 e. The summed E-state index contributed by atoms with van der Waals surface area (Å²) in [6.07, 6.45) is 0. The number of fused-ring (bicyclic) bond motifs is 1. The van der Waals surface area contributed by atoms with E-state index >= 15 is 0 Å². The number of para-hydroxylation sites is 1. The number of benzene rings is 1. The zero-order valence-electron chi connectivity index (χ0n) is 8.47. The van der Waals surface area contributed by atoms with Crippen molar-refractivity contribution >= 4 is 11.7 Å². The SMILES string of the molecule is CN1Cc2ccccc2N(CC#N)C1=O. The molecule has 0 saturated carbocycles. The Morgan fingerprint density at radius 2 is 2.20 bits per heavy atom. The largest absolute Gasteiger partial charge is 0.325 e. The average Bonchev–Trinajstić information content (AvgIpc) is 2.25. The Morgan fingerprint density at radius 1 is 1.47 bits per heavy atom. The zero-order valence-corrected chi connectivity index (χ0v) is 8.47. The minimum absolute atomic E-state index is 0.0974. The van der Waals surface area contributed by atoms with E-state index in [0.29, 0.717) is 6.54 Å². The highest BCUT2D eigenvalue weighted by molar-refractivity contribution is 5.95. The van der Waals surface area contributed by atoms with Crippen molar-refractivity contribution in [2.75, 3.05) is 18.5 Å². The maximum absolute atomic E-state index is 11.8. The van der Waals surface area contributed by atoms with Crippen LogP contribution in [0.5, 0.6) is 0 Å². The van der Waals surface area contributed by atoms with Crippen LogP contribution in [0.4, 0.5) is 10.5 Å². The lowest BCUT2D eigenvalue weighted by molar-refractivity contribution is 0.211. The first-order valence-corrected chi connectivity index (χ1v) is 4.71. The third-order valence-corrected chi connectivity index (χ3v) is 2.48. The van der Waals surface area contributed by atoms with Crippen molar-refractivity contribution in [2.24, 2.45) is 0 Å². The normalized spacial score (nSPS) is 14.8. The van der Waals surface area contributed by atoms with Gasteiger partial charge in [-0.3, -0.25) is 4.90 Å². The van der Waals surface area contributed by atoms with Crippen molar-refractivity contribution in [3.8, 4) is 6.07 Å². The van der Waals surface area contributed by atoms with Crippen LogP contribution < -0.4 is 4.90 Å². The third-order valence-electron chi connectivity index (χ3n) is 2.48. The van der Waals surface area contributed by atoms with Crippen LogP contribution in [-0.2, 0) is 6.54 Å². The van der Waals surface area contributed by atoms with Gasteiger partial charge in [-0.25, -0.2) is 4.79 Å². The van der Waals surface area contributed by atoms with E-state index in [9.17, 15) is 4.79 Å². The number of anilines is 1. The first-order chi connectivity index (χ1) is 7.24. The van der Waals surface area contributed by atoms with Crippen LogP contribution in [0.15, 0.2) is 24.3 Å². The van der Waals surface area contributed by atoms with Crippen molar-refractivity contribution in [2.45, 2.75) is 6.54 Å². The first-order valence-electron chi connectivity index (χ1n) is 4.71. The second kappa shape index (κ2) is 3.62. The van der Waals surface area contributed by atoms with Gasteiger partial charge in [-0.2, -0.15) is 5.26 Å². The van der Waals surface area contributed by atoms with E-state index in [1.165, 1.54) is 4.90 Å². The van der Waals surface area contributed by atoms with E-state index in [-0.39, 0.29) is 12.6 Å². The van der Waals surface area contributed by atoms with Gasteiger partial charge < -0.3 is 4.90 Å². The fourth-order valence-electron chi connectivity index (χ4n) is 1.76. The van der Waals surface area contributed by atoms with Gasteiger partial charge in [0.2, 0.25) is 0 Å². The molecule has 0 aromatic heterocycles. The molecule has 1 aromatic carbocycles. The van der Waals surface area contributed by atoms with Crippen LogP contribution >= 0.6 is 0 Å². The molecule has 76 valence electrons. The quantitative estimate of drug-likeness (QED) is 0.647. The summed E-state index contributed by atoms with van der Waals surface area (Å²) in [5.41, 5.74) is 1.93. The van der Waals surface area contributed by atoms with Gasteiger partial charge in [-0.15, -0.1) is 0 Å². The van der Waals surface area contributed by atoms with Crippen LogP contribution in [0.3, 0.4) is 0 Å². The molecule has 15 heavy (non-hydrogen) atoms. The lowest BCUT2D eigenvalue weighted by Crippen LogP contribution is -2.45. The van der Waals surface area contributed by atoms with Gasteiger partial charge in [0, 0.05) is 13.6 Å². The van der Waals surface area contributed by atoms with E-state index in [4.69, 9.17) is 5.26 Å². The van der Waals surface area contributed by atoms with Crippen molar-refractivity contribution in [3.05, 3.63) is 29.8 Å². The molecule has 2 rings (SSSR count). The topological polar surface area (TPSA) is 47.3 Å². The summed E-state index contributed by atoms with van der Waals surface area (Å²) in [7, 11) is 1.74. The molecule has 1 aromatic rings. The minimum atomic E-state index is -0.116. The van der Waals surface area contributed by atoms with Crippen LogP contribution in [0.2, 0.25) is 0 Å². The molecule has 4 nitrogen and oxygen atoms in total. The highest BCUT2D eigenvalue weighted by atomic mass is 16.2. The summed E-state index contributed by atoms with van der Waals surface area (Å²) >= 11 is 0. The van der Waals surface area contributed by atoms with Gasteiger partial charge in [0.1, 0.15) is 6.54 Å². The number of urea groups is 1. The smallest absolute Gasteiger partial charge is 0.323 e. The molecule has 0 N–H and O–H groups in total. The van der Waals surface area contributed by atoms with Crippen molar-refractivity contribution in [1.29, 1.82) is 5.26 Å². The number of hydrogen-bond donors (Lipinski definition) is 0. The standard InChI is InChI=1S/C11H11N3O/c1-13-8-9-4-2-3-5-10(9)14(7-6-12)11(13)15/h2-5H,7-8H2,1H3. The van der Waals surface area contributed by atoms with E-state index < -0.39 is 0 Å². The van der Waals surface area contributed by atoms with Gasteiger partial charge in [0.25, 0.3) is 0 Å². The van der Waals surface area contributed by atoms with Crippen molar-refractivity contribution in [3.63, 3.8) is 0 Å². The Kier molecular flexibility index (Phi) is 2.30. The molecular formula is C11H11N3O. The monoisotopic (exact) mass is 201 g/mol. The van der Waals surface area contributed by atoms with Gasteiger partial charge in [-0.1, -0.05) is 18.2 Å². The number of amides is 2. The molecule has 1 heterocycles. The highest BCUT2D eigenvalue weighted by Crippen LogP contribution is 2.26. The maximum atomic E-state index is 11.8. The molecule has 0 unspecified atom stereocenters. The molecule has 1 aliphatic rings. The third kappa shape index (κ3) is 1.52. The molecular weight excluding hydrogens is 190 g/mol. The number of rotatable bonds is 1. The van der Waals surface area contributed by atoms with Crippen LogP contribution in [0.1, 0.15) is 5.56 Å². The van der Waals surface area contributed by atoms with Gasteiger partial charge >= 0.3 is 6.03 Å². The van der Waals surface area contributed by atoms with Gasteiger partial charge in [-0.05, 0) is 11.6 Å². The van der Waals surface area contributed by atoms with Crippen LogP contribution in [0.25, 0.3) is 0 Å². The second-order valence-electron chi connectivity index (χ2n) is 3.51. The molecule has 0 spiro atoms. The number of nitrogens with zero attached hydrogens (tertiary/aromatic N) is 3. The molecule has 2 amide bonds. The highest BCUT2D eigenvalue weighted by Gasteiger charge is 2.26. The molecule has 0 bridgehead atoms. The van der Waals surface area contributed by atoms with Gasteiger partial charge in [0.15, 0.2) is 0 Å². The fraction of sp³-hybridized carbons (Fsp3) is 0.273. The Labute approximate surface area is 88.3 Å². The lowest BCUT2D eigenvalue weighted by atomic mass is 10.1. The summed E-state index contributed by atoms with van der Waals surface area (Å²) in [6.45, 7) is 0.705. The Hall–Kier alpha value is -2.02. The Balaban J connectivity index is 2.45. The number of carbonyl (C=O) groups is 1. The molecule has 0 atom stereocenters. The van der Waals surface area contributed by atoms with Gasteiger partial charge in [0.05, 0.1) is 11.8 Å². The minimum Gasteiger partial charge on any atom is -0.323 e. The Morgan fingerprint density at radius 3 is 2.93 bits per heavy atom.